The largest absolute Gasteiger partial charge is 0.381 e. The van der Waals surface area contributed by atoms with Crippen LogP contribution < -0.4 is 4.72 Å². The van der Waals surface area contributed by atoms with E-state index in [1.807, 2.05) is 18.4 Å². The van der Waals surface area contributed by atoms with E-state index >= 15 is 0 Å². The standard InChI is InChI=1S/C12H19NO3S2/c1-10(11-4-7-17-9-11)8-13-18(14,15)12-2-5-16-6-3-12/h4,7,9-10,12-13H,2-3,5-6,8H2,1H3/t10-/m0/s1. The number of ether oxygens (including phenoxy) is 1. The van der Waals surface area contributed by atoms with Gasteiger partial charge < -0.3 is 4.74 Å². The third kappa shape index (κ3) is 3.54. The normalized spacial score (nSPS) is 19.8. The van der Waals surface area contributed by atoms with Crippen molar-refractivity contribution in [3.8, 4) is 0 Å². The fraction of sp³-hybridized carbons (Fsp3) is 0.667. The van der Waals surface area contributed by atoms with Crippen molar-refractivity contribution in [2.24, 2.45) is 0 Å². The van der Waals surface area contributed by atoms with Crippen molar-refractivity contribution < 1.29 is 13.2 Å². The van der Waals surface area contributed by atoms with E-state index in [9.17, 15) is 8.42 Å². The third-order valence-corrected chi connectivity index (χ3v) is 5.93. The van der Waals surface area contributed by atoms with Crippen molar-refractivity contribution in [1.29, 1.82) is 0 Å². The van der Waals surface area contributed by atoms with Crippen molar-refractivity contribution in [3.63, 3.8) is 0 Å². The lowest BCUT2D eigenvalue weighted by molar-refractivity contribution is 0.0981. The highest BCUT2D eigenvalue weighted by Crippen LogP contribution is 2.19. The van der Waals surface area contributed by atoms with Crippen LogP contribution in [0, 0.1) is 0 Å². The Morgan fingerprint density at radius 3 is 2.83 bits per heavy atom. The molecule has 18 heavy (non-hydrogen) atoms. The Labute approximate surface area is 112 Å². The molecule has 0 amide bonds. The fourth-order valence-corrected chi connectivity index (χ4v) is 4.33. The zero-order chi connectivity index (χ0) is 13.0. The van der Waals surface area contributed by atoms with Crippen LogP contribution in [0.1, 0.15) is 31.2 Å². The predicted octanol–water partition coefficient (Wildman–Crippen LogP) is 1.95. The highest BCUT2D eigenvalue weighted by molar-refractivity contribution is 7.90. The van der Waals surface area contributed by atoms with Crippen LogP contribution in [0.25, 0.3) is 0 Å². The van der Waals surface area contributed by atoms with E-state index in [1.165, 1.54) is 5.56 Å². The maximum atomic E-state index is 12.1. The molecule has 1 saturated heterocycles. The highest BCUT2D eigenvalue weighted by atomic mass is 32.2. The first-order valence-corrected chi connectivity index (χ1v) is 8.67. The minimum absolute atomic E-state index is 0.214. The Bertz CT molecular complexity index is 450. The third-order valence-electron chi connectivity index (χ3n) is 3.31. The zero-order valence-electron chi connectivity index (χ0n) is 10.5. The summed E-state index contributed by atoms with van der Waals surface area (Å²) in [6.07, 6.45) is 1.20. The molecule has 0 bridgehead atoms. The van der Waals surface area contributed by atoms with Gasteiger partial charge in [0.15, 0.2) is 0 Å². The second-order valence-electron chi connectivity index (χ2n) is 4.66. The van der Waals surface area contributed by atoms with E-state index in [-0.39, 0.29) is 11.2 Å². The van der Waals surface area contributed by atoms with Crippen molar-refractivity contribution >= 4 is 21.4 Å². The number of nitrogens with one attached hydrogen (secondary N) is 1. The monoisotopic (exact) mass is 289 g/mol. The van der Waals surface area contributed by atoms with Crippen molar-refractivity contribution in [3.05, 3.63) is 22.4 Å². The molecule has 2 heterocycles. The van der Waals surface area contributed by atoms with E-state index in [2.05, 4.69) is 10.1 Å². The predicted molar refractivity (Wildman–Crippen MR) is 73.5 cm³/mol. The molecule has 1 N–H and O–H groups in total. The molecule has 0 aliphatic carbocycles. The Morgan fingerprint density at radius 2 is 2.22 bits per heavy atom. The maximum absolute atomic E-state index is 12.1. The number of thiophene rings is 1. The van der Waals surface area contributed by atoms with Crippen LogP contribution in [0.3, 0.4) is 0 Å². The summed E-state index contributed by atoms with van der Waals surface area (Å²) in [5, 5.41) is 3.78. The van der Waals surface area contributed by atoms with Crippen molar-refractivity contribution in [2.75, 3.05) is 19.8 Å². The average molecular weight is 289 g/mol. The van der Waals surface area contributed by atoms with Gasteiger partial charge >= 0.3 is 0 Å². The van der Waals surface area contributed by atoms with Gasteiger partial charge in [0.05, 0.1) is 5.25 Å². The Morgan fingerprint density at radius 1 is 1.50 bits per heavy atom. The van der Waals surface area contributed by atoms with Crippen LogP contribution in [0.15, 0.2) is 16.8 Å². The van der Waals surface area contributed by atoms with Crippen LogP contribution in [-0.4, -0.2) is 33.4 Å². The van der Waals surface area contributed by atoms with Gasteiger partial charge in [-0.1, -0.05) is 6.92 Å². The van der Waals surface area contributed by atoms with Gasteiger partial charge in [0.1, 0.15) is 0 Å². The highest BCUT2D eigenvalue weighted by Gasteiger charge is 2.27. The van der Waals surface area contributed by atoms with Gasteiger partial charge in [-0.2, -0.15) is 11.3 Å². The summed E-state index contributed by atoms with van der Waals surface area (Å²) in [6, 6.07) is 2.04. The first-order valence-electron chi connectivity index (χ1n) is 6.18. The van der Waals surface area contributed by atoms with Crippen molar-refractivity contribution in [1.82, 2.24) is 4.72 Å². The number of hydrogen-bond donors (Lipinski definition) is 1. The number of hydrogen-bond acceptors (Lipinski definition) is 4. The SMILES string of the molecule is C[C@@H](CNS(=O)(=O)C1CCOCC1)c1ccsc1. The van der Waals surface area contributed by atoms with Gasteiger partial charge in [-0.05, 0) is 41.1 Å². The lowest BCUT2D eigenvalue weighted by Gasteiger charge is -2.23. The Kier molecular flexibility index (Phi) is 4.77. The Hall–Kier alpha value is -0.430. The molecule has 1 aliphatic heterocycles. The van der Waals surface area contributed by atoms with Crippen LogP contribution in [0.2, 0.25) is 0 Å². The Balaban J connectivity index is 1.88. The molecule has 0 unspecified atom stereocenters. The molecule has 2 rings (SSSR count). The summed E-state index contributed by atoms with van der Waals surface area (Å²) in [5.74, 6) is 0.214. The average Bonchev–Trinajstić information content (AvgIpc) is 2.91. The van der Waals surface area contributed by atoms with E-state index < -0.39 is 10.0 Å². The van der Waals surface area contributed by atoms with Crippen LogP contribution >= 0.6 is 11.3 Å². The quantitative estimate of drug-likeness (QED) is 0.901. The van der Waals surface area contributed by atoms with Gasteiger partial charge in [-0.25, -0.2) is 13.1 Å². The summed E-state index contributed by atoms with van der Waals surface area (Å²) >= 11 is 1.64. The van der Waals surface area contributed by atoms with E-state index in [0.29, 0.717) is 32.6 Å². The minimum Gasteiger partial charge on any atom is -0.381 e. The van der Waals surface area contributed by atoms with Gasteiger partial charge in [0, 0.05) is 19.8 Å². The molecule has 1 atom stereocenters. The van der Waals surface area contributed by atoms with Gasteiger partial charge in [0.25, 0.3) is 0 Å². The minimum atomic E-state index is -3.20. The molecule has 0 spiro atoms. The molecule has 0 aromatic carbocycles. The maximum Gasteiger partial charge on any atom is 0.214 e. The molecule has 4 nitrogen and oxygen atoms in total. The van der Waals surface area contributed by atoms with E-state index in [1.54, 1.807) is 11.3 Å². The molecular weight excluding hydrogens is 270 g/mol. The van der Waals surface area contributed by atoms with Crippen LogP contribution in [0.5, 0.6) is 0 Å². The van der Waals surface area contributed by atoms with Crippen LogP contribution in [0.4, 0.5) is 0 Å². The first kappa shape index (κ1) is 14.0. The summed E-state index contributed by atoms with van der Waals surface area (Å²) in [5.41, 5.74) is 1.19. The van der Waals surface area contributed by atoms with Crippen LogP contribution in [-0.2, 0) is 14.8 Å². The molecule has 1 aromatic rings. The summed E-state index contributed by atoms with van der Waals surface area (Å²) < 4.78 is 32.1. The smallest absolute Gasteiger partial charge is 0.214 e. The summed E-state index contributed by atoms with van der Waals surface area (Å²) in [6.45, 7) is 3.60. The molecule has 1 aliphatic rings. The summed E-state index contributed by atoms with van der Waals surface area (Å²) in [7, 11) is -3.20. The molecule has 102 valence electrons. The number of sulfonamides is 1. The van der Waals surface area contributed by atoms with Gasteiger partial charge in [0.2, 0.25) is 10.0 Å². The zero-order valence-corrected chi connectivity index (χ0v) is 12.1. The number of rotatable bonds is 5. The first-order chi connectivity index (χ1) is 8.59. The van der Waals surface area contributed by atoms with E-state index in [0.717, 1.165) is 0 Å². The summed E-state index contributed by atoms with van der Waals surface area (Å²) in [4.78, 5) is 0. The second kappa shape index (κ2) is 6.14. The molecular formula is C12H19NO3S2. The molecule has 0 radical (unpaired) electrons. The molecule has 6 heteroatoms. The molecule has 1 aromatic heterocycles. The van der Waals surface area contributed by atoms with E-state index in [4.69, 9.17) is 4.74 Å². The molecule has 1 fully saturated rings. The second-order valence-corrected chi connectivity index (χ2v) is 7.49. The van der Waals surface area contributed by atoms with Crippen molar-refractivity contribution in [2.45, 2.75) is 30.9 Å². The fourth-order valence-electron chi connectivity index (χ4n) is 2.02. The van der Waals surface area contributed by atoms with Gasteiger partial charge in [-0.3, -0.25) is 0 Å². The van der Waals surface area contributed by atoms with Gasteiger partial charge in [-0.15, -0.1) is 0 Å². The molecule has 0 saturated carbocycles. The lowest BCUT2D eigenvalue weighted by Crippen LogP contribution is -2.39. The topological polar surface area (TPSA) is 55.4 Å². The lowest BCUT2D eigenvalue weighted by atomic mass is 10.1.